The Morgan fingerprint density at radius 1 is 1.50 bits per heavy atom. The minimum absolute atomic E-state index is 0.0262. The molecule has 0 radical (unpaired) electrons. The van der Waals surface area contributed by atoms with Gasteiger partial charge in [0.2, 0.25) is 10.0 Å². The Morgan fingerprint density at radius 2 is 2.15 bits per heavy atom. The number of hydrogen-bond acceptors (Lipinski definition) is 4. The first-order chi connectivity index (χ1) is 9.33. The maximum Gasteiger partial charge on any atom is 0.267 e. The van der Waals surface area contributed by atoms with Gasteiger partial charge in [-0.25, -0.2) is 13.1 Å². The molecular weight excluding hydrogens is 282 g/mol. The molecular formula is C12H19N3O4S. The molecule has 0 aromatic carbocycles. The van der Waals surface area contributed by atoms with Gasteiger partial charge in [-0.2, -0.15) is 0 Å². The normalized spacial score (nSPS) is 17.6. The fraction of sp³-hybridized carbons (Fsp3) is 0.583. The van der Waals surface area contributed by atoms with Gasteiger partial charge < -0.3 is 15.0 Å². The third kappa shape index (κ3) is 2.58. The zero-order valence-electron chi connectivity index (χ0n) is 11.5. The van der Waals surface area contributed by atoms with Crippen molar-refractivity contribution >= 4 is 15.9 Å². The molecule has 7 nitrogen and oxygen atoms in total. The van der Waals surface area contributed by atoms with Crippen molar-refractivity contribution in [1.82, 2.24) is 14.6 Å². The molecule has 1 fully saturated rings. The molecule has 1 aromatic rings. The van der Waals surface area contributed by atoms with Gasteiger partial charge in [-0.1, -0.05) is 0 Å². The lowest BCUT2D eigenvalue weighted by Gasteiger charge is -2.40. The number of sulfonamides is 1. The zero-order valence-corrected chi connectivity index (χ0v) is 12.3. The molecule has 0 unspecified atom stereocenters. The van der Waals surface area contributed by atoms with E-state index < -0.39 is 15.6 Å². The van der Waals surface area contributed by atoms with Crippen molar-refractivity contribution in [3.63, 3.8) is 0 Å². The van der Waals surface area contributed by atoms with Crippen LogP contribution in [0, 0.1) is 0 Å². The monoisotopic (exact) mass is 301 g/mol. The summed E-state index contributed by atoms with van der Waals surface area (Å²) in [5, 5.41) is 11.8. The van der Waals surface area contributed by atoms with E-state index in [0.717, 1.165) is 6.42 Å². The highest BCUT2D eigenvalue weighted by molar-refractivity contribution is 7.89. The molecule has 1 amide bonds. The molecule has 3 N–H and O–H groups in total. The molecule has 8 heteroatoms. The van der Waals surface area contributed by atoms with Gasteiger partial charge in [-0.05, 0) is 25.3 Å². The summed E-state index contributed by atoms with van der Waals surface area (Å²) in [7, 11) is -0.656. The average Bonchev–Trinajstić information content (AvgIpc) is 2.76. The molecule has 2 rings (SSSR count). The number of aliphatic hydroxyl groups excluding tert-OH is 1. The Morgan fingerprint density at radius 3 is 2.60 bits per heavy atom. The smallest absolute Gasteiger partial charge is 0.267 e. The van der Waals surface area contributed by atoms with Crippen LogP contribution in [-0.2, 0) is 17.1 Å². The van der Waals surface area contributed by atoms with Crippen LogP contribution in [0.4, 0.5) is 0 Å². The van der Waals surface area contributed by atoms with Gasteiger partial charge in [-0.15, -0.1) is 0 Å². The Hall–Kier alpha value is -1.38. The van der Waals surface area contributed by atoms with Crippen LogP contribution in [0.5, 0.6) is 0 Å². The number of hydrogen-bond donors (Lipinski definition) is 3. The van der Waals surface area contributed by atoms with Crippen LogP contribution in [0.2, 0.25) is 0 Å². The Kier molecular flexibility index (Phi) is 3.90. The summed E-state index contributed by atoms with van der Waals surface area (Å²) in [5.41, 5.74) is -0.485. The van der Waals surface area contributed by atoms with Crippen molar-refractivity contribution in [1.29, 1.82) is 0 Å². The van der Waals surface area contributed by atoms with Gasteiger partial charge in [0, 0.05) is 20.3 Å². The summed E-state index contributed by atoms with van der Waals surface area (Å²) < 4.78 is 28.6. The van der Waals surface area contributed by atoms with Gasteiger partial charge in [0.25, 0.3) is 5.91 Å². The van der Waals surface area contributed by atoms with E-state index in [0.29, 0.717) is 12.8 Å². The van der Waals surface area contributed by atoms with Gasteiger partial charge in [-0.3, -0.25) is 4.79 Å². The third-order valence-electron chi connectivity index (χ3n) is 3.71. The topological polar surface area (TPSA) is 100 Å². The molecule has 20 heavy (non-hydrogen) atoms. The molecule has 0 saturated heterocycles. The van der Waals surface area contributed by atoms with E-state index in [1.807, 2.05) is 0 Å². The number of carbonyl (C=O) groups is 1. The molecule has 0 bridgehead atoms. The summed E-state index contributed by atoms with van der Waals surface area (Å²) in [6.07, 6.45) is 3.52. The molecule has 1 aliphatic carbocycles. The lowest BCUT2D eigenvalue weighted by atomic mass is 9.78. The second kappa shape index (κ2) is 5.19. The van der Waals surface area contributed by atoms with E-state index in [9.17, 15) is 18.3 Å². The van der Waals surface area contributed by atoms with Crippen LogP contribution >= 0.6 is 0 Å². The lowest BCUT2D eigenvalue weighted by Crippen LogP contribution is -2.55. The van der Waals surface area contributed by atoms with Gasteiger partial charge in [0.15, 0.2) is 0 Å². The lowest BCUT2D eigenvalue weighted by molar-refractivity contribution is 0.0955. The summed E-state index contributed by atoms with van der Waals surface area (Å²) in [5.74, 6) is -0.352. The van der Waals surface area contributed by atoms with Crippen molar-refractivity contribution in [2.75, 3.05) is 13.7 Å². The van der Waals surface area contributed by atoms with E-state index in [1.54, 1.807) is 7.05 Å². The van der Waals surface area contributed by atoms with Crippen molar-refractivity contribution in [2.24, 2.45) is 7.05 Å². The predicted octanol–water partition coefficient (Wildman–Crippen LogP) is -0.422. The summed E-state index contributed by atoms with van der Waals surface area (Å²) in [6.45, 7) is -0.221. The molecule has 1 aliphatic rings. The van der Waals surface area contributed by atoms with Crippen LogP contribution in [0.3, 0.4) is 0 Å². The standard InChI is InChI=1S/C12H19N3O4S/c1-13-11(17)10-6-9(7-15(10)2)20(18,19)14-12(8-16)4-3-5-12/h6-7,14,16H,3-5,8H2,1-2H3,(H,13,17). The number of aliphatic hydroxyl groups is 1. The molecule has 1 aromatic heterocycles. The van der Waals surface area contributed by atoms with Crippen molar-refractivity contribution < 1.29 is 18.3 Å². The second-order valence-corrected chi connectivity index (χ2v) is 6.83. The first-order valence-corrected chi connectivity index (χ1v) is 7.85. The van der Waals surface area contributed by atoms with Gasteiger partial charge in [0.1, 0.15) is 10.6 Å². The molecule has 0 spiro atoms. The Bertz CT molecular complexity index is 611. The van der Waals surface area contributed by atoms with E-state index in [2.05, 4.69) is 10.0 Å². The van der Waals surface area contributed by atoms with Gasteiger partial charge in [0.05, 0.1) is 12.1 Å². The minimum Gasteiger partial charge on any atom is -0.394 e. The maximum absolute atomic E-state index is 12.3. The van der Waals surface area contributed by atoms with Gasteiger partial charge >= 0.3 is 0 Å². The Balaban J connectivity index is 2.28. The Labute approximate surface area is 118 Å². The summed E-state index contributed by atoms with van der Waals surface area (Å²) >= 11 is 0. The number of aryl methyl sites for hydroxylation is 1. The first-order valence-electron chi connectivity index (χ1n) is 6.37. The van der Waals surface area contributed by atoms with Crippen molar-refractivity contribution in [3.05, 3.63) is 18.0 Å². The first kappa shape index (κ1) is 15.0. The number of nitrogens with zero attached hydrogens (tertiary/aromatic N) is 1. The molecule has 112 valence electrons. The van der Waals surface area contributed by atoms with Crippen molar-refractivity contribution in [3.8, 4) is 0 Å². The maximum atomic E-state index is 12.3. The summed E-state index contributed by atoms with van der Waals surface area (Å²) in [6, 6.07) is 1.32. The van der Waals surface area contributed by atoms with E-state index in [-0.39, 0.29) is 23.1 Å². The number of aromatic nitrogens is 1. The average molecular weight is 301 g/mol. The number of carbonyl (C=O) groups excluding carboxylic acids is 1. The SMILES string of the molecule is CNC(=O)c1cc(S(=O)(=O)NC2(CO)CCC2)cn1C. The predicted molar refractivity (Wildman–Crippen MR) is 72.8 cm³/mol. The number of nitrogens with one attached hydrogen (secondary N) is 2. The molecule has 0 atom stereocenters. The summed E-state index contributed by atoms with van der Waals surface area (Å²) in [4.78, 5) is 11.6. The van der Waals surface area contributed by atoms with Crippen LogP contribution in [-0.4, -0.2) is 43.2 Å². The van der Waals surface area contributed by atoms with Crippen LogP contribution in [0.1, 0.15) is 29.8 Å². The number of rotatable bonds is 5. The minimum atomic E-state index is -3.75. The van der Waals surface area contributed by atoms with Crippen LogP contribution in [0.15, 0.2) is 17.2 Å². The molecule has 0 aliphatic heterocycles. The fourth-order valence-electron chi connectivity index (χ4n) is 2.27. The van der Waals surface area contributed by atoms with E-state index >= 15 is 0 Å². The fourth-order valence-corrected chi connectivity index (χ4v) is 3.80. The second-order valence-electron chi connectivity index (χ2n) is 5.15. The van der Waals surface area contributed by atoms with E-state index in [1.165, 1.54) is 23.9 Å². The number of amides is 1. The quantitative estimate of drug-likeness (QED) is 0.687. The third-order valence-corrected chi connectivity index (χ3v) is 5.26. The molecule has 1 saturated carbocycles. The van der Waals surface area contributed by atoms with Crippen LogP contribution in [0.25, 0.3) is 0 Å². The highest BCUT2D eigenvalue weighted by atomic mass is 32.2. The van der Waals surface area contributed by atoms with Crippen molar-refractivity contribution in [2.45, 2.75) is 29.7 Å². The van der Waals surface area contributed by atoms with Crippen LogP contribution < -0.4 is 10.0 Å². The van der Waals surface area contributed by atoms with E-state index in [4.69, 9.17) is 0 Å². The highest BCUT2D eigenvalue weighted by Gasteiger charge is 2.40. The highest BCUT2D eigenvalue weighted by Crippen LogP contribution is 2.33. The largest absolute Gasteiger partial charge is 0.394 e. The zero-order chi connectivity index (χ0) is 15.0. The molecule has 1 heterocycles.